The van der Waals surface area contributed by atoms with Crippen LogP contribution < -0.4 is 5.32 Å². The van der Waals surface area contributed by atoms with Gasteiger partial charge in [-0.3, -0.25) is 4.79 Å². The fraction of sp³-hybridized carbons (Fsp3) is 0.136. The summed E-state index contributed by atoms with van der Waals surface area (Å²) >= 11 is 0. The Bertz CT molecular complexity index is 1040. The number of nitrogens with zero attached hydrogens (tertiary/aromatic N) is 1. The van der Waals surface area contributed by atoms with E-state index in [1.54, 1.807) is 24.3 Å². The van der Waals surface area contributed by atoms with Crippen LogP contribution in [0.25, 0.3) is 10.8 Å². The number of carbonyl (C=O) groups excluding carboxylic acids is 1. The predicted molar refractivity (Wildman–Crippen MR) is 102 cm³/mol. The average molecular weight is 358 g/mol. The van der Waals surface area contributed by atoms with Crippen molar-refractivity contribution in [1.29, 1.82) is 5.26 Å². The zero-order chi connectivity index (χ0) is 19.2. The monoisotopic (exact) mass is 358 g/mol. The quantitative estimate of drug-likeness (QED) is 0.708. The minimum absolute atomic E-state index is 0.104. The molecule has 3 aromatic rings. The van der Waals surface area contributed by atoms with Crippen LogP contribution in [0.3, 0.4) is 0 Å². The number of nitriles is 1. The van der Waals surface area contributed by atoms with Gasteiger partial charge in [0.15, 0.2) is 0 Å². The minimum Gasteiger partial charge on any atom is -0.480 e. The van der Waals surface area contributed by atoms with Crippen LogP contribution >= 0.6 is 0 Å². The van der Waals surface area contributed by atoms with E-state index in [-0.39, 0.29) is 18.7 Å². The molecule has 0 heterocycles. The smallest absolute Gasteiger partial charge is 0.326 e. The Hall–Kier alpha value is -3.65. The van der Waals surface area contributed by atoms with Gasteiger partial charge < -0.3 is 10.4 Å². The van der Waals surface area contributed by atoms with Crippen molar-refractivity contribution < 1.29 is 14.7 Å². The summed E-state index contributed by atoms with van der Waals surface area (Å²) in [6.45, 7) is 0. The Morgan fingerprint density at radius 2 is 1.74 bits per heavy atom. The van der Waals surface area contributed by atoms with Crippen LogP contribution in [0.2, 0.25) is 0 Å². The number of hydrogen-bond donors (Lipinski definition) is 2. The molecule has 0 spiro atoms. The number of carbonyl (C=O) groups is 2. The molecule has 0 saturated carbocycles. The minimum atomic E-state index is -1.11. The van der Waals surface area contributed by atoms with E-state index in [1.807, 2.05) is 48.5 Å². The molecule has 3 aromatic carbocycles. The molecule has 0 bridgehead atoms. The number of nitrogens with one attached hydrogen (secondary N) is 1. The Labute approximate surface area is 156 Å². The van der Waals surface area contributed by atoms with Gasteiger partial charge in [0.2, 0.25) is 5.91 Å². The van der Waals surface area contributed by atoms with Crippen LogP contribution in [-0.4, -0.2) is 23.0 Å². The number of hydrogen-bond acceptors (Lipinski definition) is 3. The maximum atomic E-state index is 12.3. The lowest BCUT2D eigenvalue weighted by Gasteiger charge is -2.15. The first-order chi connectivity index (χ1) is 13.0. The summed E-state index contributed by atoms with van der Waals surface area (Å²) in [5.41, 5.74) is 1.97. The first-order valence-corrected chi connectivity index (χ1v) is 8.54. The molecule has 1 atom stereocenters. The van der Waals surface area contributed by atoms with Crippen molar-refractivity contribution >= 4 is 22.6 Å². The van der Waals surface area contributed by atoms with Gasteiger partial charge in [-0.15, -0.1) is 0 Å². The second kappa shape index (κ2) is 8.15. The number of benzene rings is 3. The van der Waals surface area contributed by atoms with E-state index in [1.165, 1.54) is 0 Å². The van der Waals surface area contributed by atoms with Crippen LogP contribution in [0.15, 0.2) is 66.7 Å². The van der Waals surface area contributed by atoms with Gasteiger partial charge in [0, 0.05) is 6.42 Å². The van der Waals surface area contributed by atoms with Crippen molar-refractivity contribution in [2.75, 3.05) is 0 Å². The zero-order valence-corrected chi connectivity index (χ0v) is 14.6. The van der Waals surface area contributed by atoms with Crippen LogP contribution in [0.1, 0.15) is 16.7 Å². The molecular formula is C22H18N2O3. The molecule has 0 unspecified atom stereocenters. The molecule has 5 heteroatoms. The van der Waals surface area contributed by atoms with Gasteiger partial charge in [-0.05, 0) is 34.0 Å². The Kier molecular flexibility index (Phi) is 5.48. The molecule has 3 rings (SSSR count). The van der Waals surface area contributed by atoms with Gasteiger partial charge in [-0.2, -0.15) is 5.26 Å². The van der Waals surface area contributed by atoms with E-state index in [2.05, 4.69) is 5.32 Å². The normalized spacial score (nSPS) is 11.5. The highest BCUT2D eigenvalue weighted by Crippen LogP contribution is 2.16. The second-order valence-corrected chi connectivity index (χ2v) is 6.33. The largest absolute Gasteiger partial charge is 0.480 e. The van der Waals surface area contributed by atoms with E-state index in [9.17, 15) is 14.7 Å². The molecule has 0 aliphatic heterocycles. The van der Waals surface area contributed by atoms with Crippen molar-refractivity contribution in [3.8, 4) is 6.07 Å². The topological polar surface area (TPSA) is 90.2 Å². The van der Waals surface area contributed by atoms with Gasteiger partial charge >= 0.3 is 5.97 Å². The molecule has 0 radical (unpaired) electrons. The summed E-state index contributed by atoms with van der Waals surface area (Å²) in [4.78, 5) is 23.9. The summed E-state index contributed by atoms with van der Waals surface area (Å²) in [7, 11) is 0. The van der Waals surface area contributed by atoms with Crippen molar-refractivity contribution in [2.24, 2.45) is 0 Å². The molecule has 0 aliphatic carbocycles. The van der Waals surface area contributed by atoms with Crippen molar-refractivity contribution in [3.63, 3.8) is 0 Å². The highest BCUT2D eigenvalue weighted by molar-refractivity contribution is 5.87. The molecule has 0 saturated heterocycles. The Morgan fingerprint density at radius 3 is 2.48 bits per heavy atom. The van der Waals surface area contributed by atoms with Gasteiger partial charge in [-0.1, -0.05) is 54.6 Å². The first kappa shape index (κ1) is 18.2. The fourth-order valence-corrected chi connectivity index (χ4v) is 2.98. The Balaban J connectivity index is 1.69. The lowest BCUT2D eigenvalue weighted by Crippen LogP contribution is -2.43. The van der Waals surface area contributed by atoms with E-state index in [0.717, 1.165) is 16.3 Å². The molecular weight excluding hydrogens is 340 g/mol. The number of amides is 1. The average Bonchev–Trinajstić information content (AvgIpc) is 2.67. The maximum absolute atomic E-state index is 12.3. The van der Waals surface area contributed by atoms with E-state index < -0.39 is 12.0 Å². The third kappa shape index (κ3) is 4.71. The van der Waals surface area contributed by atoms with E-state index >= 15 is 0 Å². The van der Waals surface area contributed by atoms with Gasteiger partial charge in [-0.25, -0.2) is 4.79 Å². The van der Waals surface area contributed by atoms with E-state index in [0.29, 0.717) is 11.1 Å². The maximum Gasteiger partial charge on any atom is 0.326 e. The number of carboxylic acid groups (broad SMARTS) is 1. The number of fused-ring (bicyclic) bond motifs is 1. The molecule has 1 amide bonds. The highest BCUT2D eigenvalue weighted by atomic mass is 16.4. The molecule has 5 nitrogen and oxygen atoms in total. The van der Waals surface area contributed by atoms with Crippen molar-refractivity contribution in [3.05, 3.63) is 83.4 Å². The third-order valence-corrected chi connectivity index (χ3v) is 4.31. The number of aliphatic carboxylic acids is 1. The predicted octanol–water partition coefficient (Wildman–Crippen LogP) is 3.07. The summed E-state index contributed by atoms with van der Waals surface area (Å²) in [5.74, 6) is -1.46. The molecule has 0 fully saturated rings. The molecule has 27 heavy (non-hydrogen) atoms. The van der Waals surface area contributed by atoms with Crippen LogP contribution in [0.4, 0.5) is 0 Å². The molecule has 134 valence electrons. The first-order valence-electron chi connectivity index (χ1n) is 8.54. The molecule has 0 aliphatic rings. The van der Waals surface area contributed by atoms with E-state index in [4.69, 9.17) is 5.26 Å². The summed E-state index contributed by atoms with van der Waals surface area (Å²) < 4.78 is 0. The highest BCUT2D eigenvalue weighted by Gasteiger charge is 2.20. The van der Waals surface area contributed by atoms with Crippen molar-refractivity contribution in [1.82, 2.24) is 5.32 Å². The summed E-state index contributed by atoms with van der Waals surface area (Å²) in [6, 6.07) is 21.3. The van der Waals surface area contributed by atoms with Crippen LogP contribution in [-0.2, 0) is 22.4 Å². The zero-order valence-electron chi connectivity index (χ0n) is 14.6. The SMILES string of the molecule is N#Cc1cccc(C[C@@H](NC(=O)Cc2ccc3ccccc3c2)C(=O)O)c1. The number of rotatable bonds is 6. The van der Waals surface area contributed by atoms with Gasteiger partial charge in [0.25, 0.3) is 0 Å². The lowest BCUT2D eigenvalue weighted by molar-refractivity contribution is -0.141. The van der Waals surface area contributed by atoms with Crippen LogP contribution in [0, 0.1) is 11.3 Å². The summed E-state index contributed by atoms with van der Waals surface area (Å²) in [5, 5.41) is 23.1. The summed E-state index contributed by atoms with van der Waals surface area (Å²) in [6.07, 6.45) is 0.223. The fourth-order valence-electron chi connectivity index (χ4n) is 2.98. The number of carboxylic acids is 1. The van der Waals surface area contributed by atoms with Gasteiger partial charge in [0.1, 0.15) is 6.04 Å². The second-order valence-electron chi connectivity index (χ2n) is 6.33. The lowest BCUT2D eigenvalue weighted by atomic mass is 10.0. The van der Waals surface area contributed by atoms with Crippen LogP contribution in [0.5, 0.6) is 0 Å². The van der Waals surface area contributed by atoms with Gasteiger partial charge in [0.05, 0.1) is 18.1 Å². The molecule has 0 aromatic heterocycles. The Morgan fingerprint density at radius 1 is 0.963 bits per heavy atom. The third-order valence-electron chi connectivity index (χ3n) is 4.31. The molecule has 2 N–H and O–H groups in total. The standard InChI is InChI=1S/C22H18N2O3/c23-14-17-5-3-4-15(10-17)12-20(22(26)27)24-21(25)13-16-8-9-18-6-1-2-7-19(18)11-16/h1-11,20H,12-13H2,(H,24,25)(H,26,27)/t20-/m1/s1. The van der Waals surface area contributed by atoms with Crippen molar-refractivity contribution in [2.45, 2.75) is 18.9 Å².